The molecule has 0 radical (unpaired) electrons. The monoisotopic (exact) mass is 430 g/mol. The summed E-state index contributed by atoms with van der Waals surface area (Å²) < 4.78 is 31.4. The van der Waals surface area contributed by atoms with E-state index in [1.165, 1.54) is 16.8 Å². The van der Waals surface area contributed by atoms with Gasteiger partial charge in [0.15, 0.2) is 0 Å². The Labute approximate surface area is 176 Å². The highest BCUT2D eigenvalue weighted by Gasteiger charge is 2.23. The summed E-state index contributed by atoms with van der Waals surface area (Å²) in [6.07, 6.45) is 0. The molecule has 0 fully saturated rings. The van der Waals surface area contributed by atoms with Crippen LogP contribution in [0.25, 0.3) is 0 Å². The zero-order valence-corrected chi connectivity index (χ0v) is 17.1. The number of hydrogen-bond acceptors (Lipinski definition) is 5. The molecular weight excluding hydrogens is 410 g/mol. The van der Waals surface area contributed by atoms with Crippen molar-refractivity contribution in [1.29, 1.82) is 0 Å². The van der Waals surface area contributed by atoms with Gasteiger partial charge in [0.05, 0.1) is 17.2 Å². The topological polar surface area (TPSA) is 99.3 Å². The van der Waals surface area contributed by atoms with E-state index in [1.807, 2.05) is 0 Å². The third-order valence-electron chi connectivity index (χ3n) is 4.71. The highest BCUT2D eigenvalue weighted by Crippen LogP contribution is 2.28. The first kappa shape index (κ1) is 21.9. The minimum absolute atomic E-state index is 0.0737. The van der Waals surface area contributed by atoms with Crippen LogP contribution in [0.2, 0.25) is 0 Å². The Bertz CT molecular complexity index is 1140. The van der Waals surface area contributed by atoms with Gasteiger partial charge in [-0.25, -0.2) is 0 Å². The lowest BCUT2D eigenvalue weighted by Crippen LogP contribution is -2.17. The van der Waals surface area contributed by atoms with Gasteiger partial charge in [-0.05, 0) is 50.1 Å². The Kier molecular flexibility index (Phi) is 6.28. The van der Waals surface area contributed by atoms with Gasteiger partial charge < -0.3 is 10.1 Å². The fourth-order valence-corrected chi connectivity index (χ4v) is 3.26. The quantitative estimate of drug-likeness (QED) is 0.436. The van der Waals surface area contributed by atoms with Crippen molar-refractivity contribution >= 4 is 17.3 Å². The number of rotatable bonds is 7. The van der Waals surface area contributed by atoms with Crippen molar-refractivity contribution < 1.29 is 23.2 Å². The second kappa shape index (κ2) is 8.90. The van der Waals surface area contributed by atoms with Gasteiger partial charge >= 0.3 is 12.3 Å². The number of amides is 1. The van der Waals surface area contributed by atoms with Crippen LogP contribution in [-0.2, 0) is 6.54 Å². The van der Waals surface area contributed by atoms with Crippen LogP contribution in [0.4, 0.5) is 20.2 Å². The highest BCUT2D eigenvalue weighted by atomic mass is 19.3. The van der Waals surface area contributed by atoms with Crippen LogP contribution >= 0.6 is 0 Å². The Morgan fingerprint density at radius 1 is 1.23 bits per heavy atom. The van der Waals surface area contributed by atoms with Gasteiger partial charge in [-0.1, -0.05) is 24.3 Å². The molecule has 1 amide bonds. The average molecular weight is 430 g/mol. The van der Waals surface area contributed by atoms with E-state index >= 15 is 0 Å². The van der Waals surface area contributed by atoms with Crippen molar-refractivity contribution in [3.8, 4) is 5.75 Å². The maximum absolute atomic E-state index is 12.9. The van der Waals surface area contributed by atoms with Gasteiger partial charge in [-0.2, -0.15) is 13.9 Å². The lowest BCUT2D eigenvalue weighted by atomic mass is 10.1. The van der Waals surface area contributed by atoms with Gasteiger partial charge in [0.1, 0.15) is 17.1 Å². The fraction of sp³-hybridized carbons (Fsp3) is 0.238. The molecule has 0 aliphatic carbocycles. The second-order valence-electron chi connectivity index (χ2n) is 6.92. The molecule has 3 rings (SSSR count). The zero-order chi connectivity index (χ0) is 22.7. The van der Waals surface area contributed by atoms with Gasteiger partial charge in [-0.3, -0.25) is 19.6 Å². The van der Waals surface area contributed by atoms with Crippen LogP contribution < -0.4 is 10.1 Å². The first-order valence-electron chi connectivity index (χ1n) is 9.30. The molecule has 0 unspecified atom stereocenters. The molecule has 0 bridgehead atoms. The average Bonchev–Trinajstić information content (AvgIpc) is 2.97. The number of nitro groups is 1. The third-order valence-corrected chi connectivity index (χ3v) is 4.71. The number of aromatic nitrogens is 2. The van der Waals surface area contributed by atoms with Gasteiger partial charge in [0.2, 0.25) is 0 Å². The molecular formula is C21H20F2N4O4. The molecule has 10 heteroatoms. The van der Waals surface area contributed by atoms with Crippen LogP contribution in [0.1, 0.15) is 32.9 Å². The molecule has 0 saturated heterocycles. The number of nitrogens with one attached hydrogen (secondary N) is 1. The summed E-state index contributed by atoms with van der Waals surface area (Å²) >= 11 is 0. The van der Waals surface area contributed by atoms with E-state index in [2.05, 4.69) is 15.2 Å². The Balaban J connectivity index is 1.90. The second-order valence-corrected chi connectivity index (χ2v) is 6.92. The van der Waals surface area contributed by atoms with Crippen molar-refractivity contribution in [2.24, 2.45) is 0 Å². The molecule has 8 nitrogen and oxygen atoms in total. The zero-order valence-electron chi connectivity index (χ0n) is 17.1. The normalized spacial score (nSPS) is 10.9. The molecule has 0 aliphatic heterocycles. The lowest BCUT2D eigenvalue weighted by Gasteiger charge is -2.14. The molecule has 162 valence electrons. The van der Waals surface area contributed by atoms with E-state index in [-0.39, 0.29) is 34.9 Å². The molecule has 3 aromatic rings. The van der Waals surface area contributed by atoms with Crippen LogP contribution in [-0.4, -0.2) is 27.2 Å². The van der Waals surface area contributed by atoms with E-state index < -0.39 is 17.4 Å². The van der Waals surface area contributed by atoms with E-state index in [9.17, 15) is 23.7 Å². The number of carbonyl (C=O) groups excluding carboxylic acids is 1. The van der Waals surface area contributed by atoms with E-state index in [1.54, 1.807) is 51.1 Å². The number of hydrogen-bond donors (Lipinski definition) is 1. The standard InChI is InChI=1S/C21H20F2N4O4/c1-12-8-9-17(18(10-12)31-21(22)23)24-20(28)16-7-5-4-6-15(16)11-26-14(3)19(27(29)30)13(2)25-26/h4-10,21H,11H2,1-3H3,(H,24,28). The van der Waals surface area contributed by atoms with Crippen LogP contribution in [0.15, 0.2) is 42.5 Å². The van der Waals surface area contributed by atoms with Crippen molar-refractivity contribution in [2.45, 2.75) is 33.9 Å². The third kappa shape index (κ3) is 4.85. The molecule has 31 heavy (non-hydrogen) atoms. The predicted octanol–water partition coefficient (Wildman–Crippen LogP) is 4.62. The lowest BCUT2D eigenvalue weighted by molar-refractivity contribution is -0.386. The van der Waals surface area contributed by atoms with Gasteiger partial charge in [0, 0.05) is 5.56 Å². The first-order chi connectivity index (χ1) is 14.7. The van der Waals surface area contributed by atoms with Crippen molar-refractivity contribution in [2.75, 3.05) is 5.32 Å². The molecule has 1 heterocycles. The number of carbonyl (C=O) groups is 1. The number of anilines is 1. The number of alkyl halides is 2. The Morgan fingerprint density at radius 2 is 1.94 bits per heavy atom. The first-order valence-corrected chi connectivity index (χ1v) is 9.30. The number of aryl methyl sites for hydroxylation is 2. The maximum Gasteiger partial charge on any atom is 0.387 e. The molecule has 0 spiro atoms. The number of benzene rings is 2. The van der Waals surface area contributed by atoms with E-state index in [0.717, 1.165) is 0 Å². The molecule has 2 aromatic carbocycles. The molecule has 1 N–H and O–H groups in total. The largest absolute Gasteiger partial charge is 0.433 e. The smallest absolute Gasteiger partial charge is 0.387 e. The number of halogens is 2. The molecule has 0 atom stereocenters. The summed E-state index contributed by atoms with van der Waals surface area (Å²) in [7, 11) is 0. The summed E-state index contributed by atoms with van der Waals surface area (Å²) in [4.78, 5) is 23.7. The molecule has 1 aromatic heterocycles. The van der Waals surface area contributed by atoms with Gasteiger partial charge in [-0.15, -0.1) is 0 Å². The maximum atomic E-state index is 12.9. The van der Waals surface area contributed by atoms with Crippen LogP contribution in [0, 0.1) is 30.9 Å². The Hall–Kier alpha value is -3.82. The molecule has 0 saturated carbocycles. The van der Waals surface area contributed by atoms with Crippen LogP contribution in [0.3, 0.4) is 0 Å². The number of ether oxygens (including phenoxy) is 1. The van der Waals surface area contributed by atoms with E-state index in [4.69, 9.17) is 0 Å². The summed E-state index contributed by atoms with van der Waals surface area (Å²) in [5.41, 5.74) is 2.20. The van der Waals surface area contributed by atoms with Crippen molar-refractivity contribution in [3.63, 3.8) is 0 Å². The van der Waals surface area contributed by atoms with Gasteiger partial charge in [0.25, 0.3) is 5.91 Å². The predicted molar refractivity (Wildman–Crippen MR) is 110 cm³/mol. The van der Waals surface area contributed by atoms with Crippen molar-refractivity contribution in [3.05, 3.63) is 80.7 Å². The summed E-state index contributed by atoms with van der Waals surface area (Å²) in [6.45, 7) is 1.93. The highest BCUT2D eigenvalue weighted by molar-refractivity contribution is 6.06. The summed E-state index contributed by atoms with van der Waals surface area (Å²) in [5, 5.41) is 18.0. The fourth-order valence-electron chi connectivity index (χ4n) is 3.26. The summed E-state index contributed by atoms with van der Waals surface area (Å²) in [6, 6.07) is 11.2. The minimum Gasteiger partial charge on any atom is -0.433 e. The SMILES string of the molecule is Cc1ccc(NC(=O)c2ccccc2Cn2nc(C)c([N+](=O)[O-])c2C)c(OC(F)F)c1. The molecule has 0 aliphatic rings. The number of nitrogens with zero attached hydrogens (tertiary/aromatic N) is 3. The van der Waals surface area contributed by atoms with Crippen LogP contribution in [0.5, 0.6) is 5.75 Å². The van der Waals surface area contributed by atoms with E-state index in [0.29, 0.717) is 16.8 Å². The summed E-state index contributed by atoms with van der Waals surface area (Å²) in [5.74, 6) is -0.676. The Morgan fingerprint density at radius 3 is 2.58 bits per heavy atom. The minimum atomic E-state index is -3.04. The van der Waals surface area contributed by atoms with Crippen molar-refractivity contribution in [1.82, 2.24) is 9.78 Å².